The van der Waals surface area contributed by atoms with Gasteiger partial charge < -0.3 is 9.84 Å². The Morgan fingerprint density at radius 2 is 2.25 bits per heavy atom. The molecule has 2 rings (SSSR count). The molecule has 0 radical (unpaired) electrons. The van der Waals surface area contributed by atoms with E-state index in [1.807, 2.05) is 6.92 Å². The van der Waals surface area contributed by atoms with Crippen molar-refractivity contribution in [3.05, 3.63) is 35.7 Å². The molecule has 0 amide bonds. The summed E-state index contributed by atoms with van der Waals surface area (Å²) in [5, 5.41) is 16.5. The Bertz CT molecular complexity index is 586. The zero-order chi connectivity index (χ0) is 14.4. The average Bonchev–Trinajstić information content (AvgIpc) is 2.84. The molecule has 2 N–H and O–H groups in total. The van der Waals surface area contributed by atoms with Gasteiger partial charge in [-0.15, -0.1) is 5.10 Å². The molecule has 0 saturated heterocycles. The second kappa shape index (κ2) is 6.95. The Hall–Kier alpha value is -2.02. The lowest BCUT2D eigenvalue weighted by Crippen LogP contribution is -2.04. The van der Waals surface area contributed by atoms with Crippen LogP contribution in [0.5, 0.6) is 5.75 Å². The highest BCUT2D eigenvalue weighted by atomic mass is 32.2. The number of aromatic carboxylic acids is 1. The molecule has 0 unspecified atom stereocenters. The molecule has 0 fully saturated rings. The summed E-state index contributed by atoms with van der Waals surface area (Å²) in [6, 6.07) is 6.63. The fraction of sp³-hybridized carbons (Fsp3) is 0.308. The molecule has 0 aliphatic rings. The normalized spacial score (nSPS) is 10.4. The number of rotatable bonds is 7. The summed E-state index contributed by atoms with van der Waals surface area (Å²) < 4.78 is 5.50. The number of H-pyrrole nitrogens is 1. The lowest BCUT2D eigenvalue weighted by Gasteiger charge is -2.08. The second-order valence-electron chi connectivity index (χ2n) is 4.06. The van der Waals surface area contributed by atoms with Crippen molar-refractivity contribution in [3.63, 3.8) is 0 Å². The minimum absolute atomic E-state index is 0.185. The maximum atomic E-state index is 11.0. The van der Waals surface area contributed by atoms with E-state index < -0.39 is 5.97 Å². The third-order valence-electron chi connectivity index (χ3n) is 2.47. The van der Waals surface area contributed by atoms with Gasteiger partial charge in [-0.25, -0.2) is 9.78 Å². The van der Waals surface area contributed by atoms with E-state index in [1.54, 1.807) is 18.2 Å². The summed E-state index contributed by atoms with van der Waals surface area (Å²) in [7, 11) is 0. The van der Waals surface area contributed by atoms with Gasteiger partial charge in [-0.2, -0.15) is 0 Å². The van der Waals surface area contributed by atoms with Crippen molar-refractivity contribution < 1.29 is 14.6 Å². The van der Waals surface area contributed by atoms with Crippen LogP contribution in [0, 0.1) is 6.92 Å². The monoisotopic (exact) mass is 293 g/mol. The van der Waals surface area contributed by atoms with Crippen molar-refractivity contribution in [1.82, 2.24) is 15.2 Å². The van der Waals surface area contributed by atoms with Gasteiger partial charge in [-0.05, 0) is 25.5 Å². The molecule has 0 bridgehead atoms. The topological polar surface area (TPSA) is 88.1 Å². The van der Waals surface area contributed by atoms with Crippen molar-refractivity contribution in [2.45, 2.75) is 18.5 Å². The summed E-state index contributed by atoms with van der Waals surface area (Å²) in [4.78, 5) is 15.2. The van der Waals surface area contributed by atoms with Gasteiger partial charge in [-0.3, -0.25) is 5.10 Å². The molecule has 2 aromatic rings. The third kappa shape index (κ3) is 3.99. The number of aryl methyl sites for hydroxylation is 1. The quantitative estimate of drug-likeness (QED) is 0.602. The number of benzene rings is 1. The lowest BCUT2D eigenvalue weighted by molar-refractivity contribution is 0.0692. The number of thioether (sulfide) groups is 1. The van der Waals surface area contributed by atoms with Crippen LogP contribution in [0.25, 0.3) is 0 Å². The average molecular weight is 293 g/mol. The second-order valence-corrected chi connectivity index (χ2v) is 5.12. The van der Waals surface area contributed by atoms with E-state index in [4.69, 9.17) is 9.84 Å². The molecule has 1 heterocycles. The van der Waals surface area contributed by atoms with Gasteiger partial charge >= 0.3 is 5.97 Å². The van der Waals surface area contributed by atoms with Crippen LogP contribution < -0.4 is 4.74 Å². The van der Waals surface area contributed by atoms with Gasteiger partial charge in [0.05, 0.1) is 6.61 Å². The number of nitrogens with one attached hydrogen (secondary N) is 1. The number of nitrogens with zero attached hydrogens (tertiary/aromatic N) is 2. The van der Waals surface area contributed by atoms with E-state index in [2.05, 4.69) is 15.2 Å². The molecule has 6 nitrogen and oxygen atoms in total. The Morgan fingerprint density at radius 1 is 1.45 bits per heavy atom. The molecule has 106 valence electrons. The summed E-state index contributed by atoms with van der Waals surface area (Å²) in [5.74, 6) is 1.02. The maximum absolute atomic E-state index is 11.0. The molecular formula is C13H15N3O3S. The van der Waals surface area contributed by atoms with Crippen LogP contribution in [-0.2, 0) is 0 Å². The lowest BCUT2D eigenvalue weighted by atomic mass is 10.2. The maximum Gasteiger partial charge on any atom is 0.339 e. The molecule has 1 aromatic carbocycles. The predicted molar refractivity (Wildman–Crippen MR) is 75.4 cm³/mol. The highest BCUT2D eigenvalue weighted by Gasteiger charge is 2.09. The number of carbonyl (C=O) groups is 1. The molecule has 0 saturated carbocycles. The minimum atomic E-state index is -0.980. The van der Waals surface area contributed by atoms with Gasteiger partial charge in [0.15, 0.2) is 0 Å². The molecule has 7 heteroatoms. The number of hydrogen-bond acceptors (Lipinski definition) is 5. The van der Waals surface area contributed by atoms with Gasteiger partial charge in [0, 0.05) is 5.75 Å². The van der Waals surface area contributed by atoms with Crippen molar-refractivity contribution >= 4 is 17.7 Å². The number of ether oxygens (including phenoxy) is 1. The Labute approximate surface area is 120 Å². The Kier molecular flexibility index (Phi) is 5.00. The van der Waals surface area contributed by atoms with Crippen LogP contribution in [0.2, 0.25) is 0 Å². The number of para-hydroxylation sites is 1. The Balaban J connectivity index is 1.75. The zero-order valence-electron chi connectivity index (χ0n) is 11.0. The fourth-order valence-electron chi connectivity index (χ4n) is 1.56. The zero-order valence-corrected chi connectivity index (χ0v) is 11.8. The van der Waals surface area contributed by atoms with E-state index in [9.17, 15) is 4.79 Å². The first-order valence-electron chi connectivity index (χ1n) is 6.14. The van der Waals surface area contributed by atoms with E-state index in [-0.39, 0.29) is 5.56 Å². The van der Waals surface area contributed by atoms with Crippen molar-refractivity contribution in [3.8, 4) is 5.75 Å². The van der Waals surface area contributed by atoms with E-state index in [0.717, 1.165) is 18.0 Å². The van der Waals surface area contributed by atoms with E-state index >= 15 is 0 Å². The number of aromatic amines is 1. The molecule has 1 aromatic heterocycles. The SMILES string of the molecule is Cc1nc(SCCCOc2ccccc2C(=O)O)n[nH]1. The Morgan fingerprint density at radius 3 is 2.95 bits per heavy atom. The minimum Gasteiger partial charge on any atom is -0.493 e. The molecule has 0 atom stereocenters. The van der Waals surface area contributed by atoms with Gasteiger partial charge in [0.25, 0.3) is 0 Å². The molecular weight excluding hydrogens is 278 g/mol. The van der Waals surface area contributed by atoms with Crippen LogP contribution >= 0.6 is 11.8 Å². The summed E-state index contributed by atoms with van der Waals surface area (Å²) >= 11 is 1.54. The summed E-state index contributed by atoms with van der Waals surface area (Å²) in [5.41, 5.74) is 0.185. The summed E-state index contributed by atoms with van der Waals surface area (Å²) in [6.07, 6.45) is 0.784. The van der Waals surface area contributed by atoms with Crippen LogP contribution in [0.1, 0.15) is 22.6 Å². The first kappa shape index (κ1) is 14.4. The van der Waals surface area contributed by atoms with Gasteiger partial charge in [0.2, 0.25) is 5.16 Å². The van der Waals surface area contributed by atoms with Crippen LogP contribution in [0.4, 0.5) is 0 Å². The van der Waals surface area contributed by atoms with Crippen molar-refractivity contribution in [1.29, 1.82) is 0 Å². The number of carboxylic acids is 1. The van der Waals surface area contributed by atoms with E-state index in [0.29, 0.717) is 17.5 Å². The third-order valence-corrected chi connectivity index (χ3v) is 3.41. The van der Waals surface area contributed by atoms with Crippen molar-refractivity contribution in [2.24, 2.45) is 0 Å². The number of carboxylic acid groups (broad SMARTS) is 1. The van der Waals surface area contributed by atoms with Crippen molar-refractivity contribution in [2.75, 3.05) is 12.4 Å². The first-order chi connectivity index (χ1) is 9.66. The highest BCUT2D eigenvalue weighted by Crippen LogP contribution is 2.19. The summed E-state index contributed by atoms with van der Waals surface area (Å²) in [6.45, 7) is 2.31. The largest absolute Gasteiger partial charge is 0.493 e. The van der Waals surface area contributed by atoms with Gasteiger partial charge in [-0.1, -0.05) is 23.9 Å². The molecule has 20 heavy (non-hydrogen) atoms. The van der Waals surface area contributed by atoms with Crippen LogP contribution in [0.15, 0.2) is 29.4 Å². The fourth-order valence-corrected chi connectivity index (χ4v) is 2.32. The predicted octanol–water partition coefficient (Wildman–Crippen LogP) is 2.37. The van der Waals surface area contributed by atoms with Gasteiger partial charge in [0.1, 0.15) is 17.1 Å². The number of hydrogen-bond donors (Lipinski definition) is 2. The molecule has 0 aliphatic heterocycles. The number of aromatic nitrogens is 3. The smallest absolute Gasteiger partial charge is 0.339 e. The molecule has 0 spiro atoms. The molecule has 0 aliphatic carbocycles. The standard InChI is InChI=1S/C13H15N3O3S/c1-9-14-13(16-15-9)20-8-4-7-19-11-6-3-2-5-10(11)12(17)18/h2-3,5-6H,4,7-8H2,1H3,(H,17,18)(H,14,15,16). The van der Waals surface area contributed by atoms with Crippen LogP contribution in [-0.4, -0.2) is 38.6 Å². The first-order valence-corrected chi connectivity index (χ1v) is 7.12. The van der Waals surface area contributed by atoms with Crippen LogP contribution in [0.3, 0.4) is 0 Å². The van der Waals surface area contributed by atoms with E-state index in [1.165, 1.54) is 17.8 Å². The highest BCUT2D eigenvalue weighted by molar-refractivity contribution is 7.99.